The Balaban J connectivity index is 2.09. The van der Waals surface area contributed by atoms with Gasteiger partial charge in [-0.05, 0) is 31.1 Å². The Labute approximate surface area is 106 Å². The van der Waals surface area contributed by atoms with Crippen molar-refractivity contribution in [2.45, 2.75) is 37.5 Å². The number of hydrogen-bond acceptors (Lipinski definition) is 3. The van der Waals surface area contributed by atoms with E-state index in [1.54, 1.807) is 6.07 Å². The van der Waals surface area contributed by atoms with Gasteiger partial charge in [-0.2, -0.15) is 11.8 Å². The van der Waals surface area contributed by atoms with Crippen LogP contribution in [0, 0.1) is 0 Å². The van der Waals surface area contributed by atoms with E-state index < -0.39 is 0 Å². The minimum atomic E-state index is 0.0156. The van der Waals surface area contributed by atoms with E-state index in [2.05, 4.69) is 23.5 Å². The molecule has 0 saturated carbocycles. The molecule has 1 heterocycles. The summed E-state index contributed by atoms with van der Waals surface area (Å²) >= 11 is 1.88. The van der Waals surface area contributed by atoms with Gasteiger partial charge in [-0.1, -0.05) is 13.0 Å². The summed E-state index contributed by atoms with van der Waals surface area (Å²) in [6.45, 7) is 3.25. The Bertz CT molecular complexity index is 430. The van der Waals surface area contributed by atoms with E-state index in [9.17, 15) is 4.79 Å². The molecule has 17 heavy (non-hydrogen) atoms. The topological polar surface area (TPSA) is 44.9 Å². The van der Waals surface area contributed by atoms with Crippen molar-refractivity contribution in [2.75, 3.05) is 12.8 Å². The van der Waals surface area contributed by atoms with Gasteiger partial charge in [-0.3, -0.25) is 4.79 Å². The lowest BCUT2D eigenvalue weighted by molar-refractivity contribution is 0.457. The predicted octanol–water partition coefficient (Wildman–Crippen LogP) is 2.09. The number of nitrogens with one attached hydrogen (secondary N) is 2. The van der Waals surface area contributed by atoms with E-state index in [0.29, 0.717) is 11.3 Å². The number of aryl methyl sites for hydroxylation is 1. The van der Waals surface area contributed by atoms with Crippen LogP contribution in [0.3, 0.4) is 0 Å². The predicted molar refractivity (Wildman–Crippen MR) is 73.7 cm³/mol. The first-order chi connectivity index (χ1) is 8.20. The van der Waals surface area contributed by atoms with Crippen molar-refractivity contribution < 1.29 is 0 Å². The van der Waals surface area contributed by atoms with Crippen molar-refractivity contribution in [1.29, 1.82) is 0 Å². The molecule has 0 amide bonds. The summed E-state index contributed by atoms with van der Waals surface area (Å²) in [4.78, 5) is 14.2. The second-order valence-electron chi connectivity index (χ2n) is 4.66. The Morgan fingerprint density at radius 3 is 3.18 bits per heavy atom. The van der Waals surface area contributed by atoms with Crippen molar-refractivity contribution in [3.8, 4) is 0 Å². The van der Waals surface area contributed by atoms with Gasteiger partial charge in [-0.25, -0.2) is 0 Å². The lowest BCUT2D eigenvalue weighted by Crippen LogP contribution is -2.31. The lowest BCUT2D eigenvalue weighted by Gasteiger charge is -2.27. The van der Waals surface area contributed by atoms with E-state index >= 15 is 0 Å². The van der Waals surface area contributed by atoms with Gasteiger partial charge >= 0.3 is 0 Å². The molecule has 94 valence electrons. The summed E-state index contributed by atoms with van der Waals surface area (Å²) in [6, 6.07) is 4.02. The molecule has 0 aliphatic heterocycles. The minimum absolute atomic E-state index is 0.0156. The maximum Gasteiger partial charge on any atom is 0.248 e. The van der Waals surface area contributed by atoms with E-state index in [1.807, 2.05) is 17.8 Å². The highest BCUT2D eigenvalue weighted by molar-refractivity contribution is 7.99. The van der Waals surface area contributed by atoms with Crippen LogP contribution in [0.15, 0.2) is 16.9 Å². The average Bonchev–Trinajstić information content (AvgIpc) is 2.35. The van der Waals surface area contributed by atoms with Gasteiger partial charge in [0, 0.05) is 29.6 Å². The molecule has 0 radical (unpaired) electrons. The van der Waals surface area contributed by atoms with E-state index in [4.69, 9.17) is 0 Å². The summed E-state index contributed by atoms with van der Waals surface area (Å²) in [5.74, 6) is 0. The number of rotatable bonds is 4. The van der Waals surface area contributed by atoms with E-state index in [1.165, 1.54) is 12.0 Å². The highest BCUT2D eigenvalue weighted by Gasteiger charge is 2.20. The number of hydrogen-bond donors (Lipinski definition) is 2. The molecule has 1 aromatic heterocycles. The molecule has 1 aliphatic carbocycles. The van der Waals surface area contributed by atoms with Gasteiger partial charge in [0.2, 0.25) is 5.56 Å². The highest BCUT2D eigenvalue weighted by atomic mass is 32.2. The number of aromatic amines is 1. The van der Waals surface area contributed by atoms with Crippen LogP contribution in [-0.2, 0) is 6.42 Å². The van der Waals surface area contributed by atoms with Crippen LogP contribution in [0.4, 0.5) is 0 Å². The second-order valence-corrected chi connectivity index (χ2v) is 5.93. The molecule has 3 nitrogen and oxygen atoms in total. The molecular formula is C13H20N2OS. The van der Waals surface area contributed by atoms with Crippen molar-refractivity contribution in [1.82, 2.24) is 10.3 Å². The number of fused-ring (bicyclic) bond motifs is 1. The van der Waals surface area contributed by atoms with Crippen molar-refractivity contribution >= 4 is 11.8 Å². The minimum Gasteiger partial charge on any atom is -0.326 e. The van der Waals surface area contributed by atoms with Crippen molar-refractivity contribution in [3.63, 3.8) is 0 Å². The smallest absolute Gasteiger partial charge is 0.248 e. The molecule has 1 aliphatic rings. The molecule has 2 unspecified atom stereocenters. The molecule has 0 bridgehead atoms. The zero-order chi connectivity index (χ0) is 12.3. The average molecular weight is 252 g/mol. The molecule has 1 aromatic rings. The second kappa shape index (κ2) is 5.74. The molecule has 2 rings (SSSR count). The first kappa shape index (κ1) is 12.7. The van der Waals surface area contributed by atoms with Crippen LogP contribution < -0.4 is 10.9 Å². The van der Waals surface area contributed by atoms with Gasteiger partial charge in [0.15, 0.2) is 0 Å². The fourth-order valence-electron chi connectivity index (χ4n) is 2.30. The van der Waals surface area contributed by atoms with Crippen molar-refractivity contribution in [3.05, 3.63) is 33.7 Å². The maximum absolute atomic E-state index is 11.3. The van der Waals surface area contributed by atoms with E-state index in [0.717, 1.165) is 25.1 Å². The molecule has 2 N–H and O–H groups in total. The Morgan fingerprint density at radius 1 is 1.59 bits per heavy atom. The van der Waals surface area contributed by atoms with E-state index in [-0.39, 0.29) is 5.56 Å². The third-order valence-electron chi connectivity index (χ3n) is 3.39. The first-order valence-corrected chi connectivity index (χ1v) is 7.47. The van der Waals surface area contributed by atoms with Gasteiger partial charge in [-0.15, -0.1) is 0 Å². The SMILES string of the molecule is CSC(C)CNC1CCCc2[nH]c(=O)ccc21. The maximum atomic E-state index is 11.3. The van der Waals surface area contributed by atoms with Crippen LogP contribution in [-0.4, -0.2) is 23.0 Å². The van der Waals surface area contributed by atoms with Gasteiger partial charge in [0.05, 0.1) is 0 Å². The Hall–Kier alpha value is -0.740. The fraction of sp³-hybridized carbons (Fsp3) is 0.615. The number of H-pyrrole nitrogens is 1. The van der Waals surface area contributed by atoms with Gasteiger partial charge in [0.25, 0.3) is 0 Å². The van der Waals surface area contributed by atoms with Crippen LogP contribution in [0.2, 0.25) is 0 Å². The highest BCUT2D eigenvalue weighted by Crippen LogP contribution is 2.27. The first-order valence-electron chi connectivity index (χ1n) is 6.19. The molecule has 0 saturated heterocycles. The quantitative estimate of drug-likeness (QED) is 0.862. The molecule has 4 heteroatoms. The molecular weight excluding hydrogens is 232 g/mol. The van der Waals surface area contributed by atoms with Crippen LogP contribution >= 0.6 is 11.8 Å². The zero-order valence-corrected chi connectivity index (χ0v) is 11.3. The molecule has 2 atom stereocenters. The standard InChI is InChI=1S/C13H20N2OS/c1-9(17-2)8-14-11-4-3-5-12-10(11)6-7-13(16)15-12/h6-7,9,11,14H,3-5,8H2,1-2H3,(H,15,16). The summed E-state index contributed by atoms with van der Waals surface area (Å²) in [5.41, 5.74) is 2.42. The molecule has 0 aromatic carbocycles. The molecule has 0 fully saturated rings. The third kappa shape index (κ3) is 3.13. The fourth-order valence-corrected chi connectivity index (χ4v) is 2.57. The Morgan fingerprint density at radius 2 is 2.41 bits per heavy atom. The van der Waals surface area contributed by atoms with Crippen molar-refractivity contribution in [2.24, 2.45) is 0 Å². The summed E-state index contributed by atoms with van der Waals surface area (Å²) in [5, 5.41) is 4.23. The normalized spacial score (nSPS) is 20.9. The van der Waals surface area contributed by atoms with Crippen LogP contribution in [0.25, 0.3) is 0 Å². The van der Waals surface area contributed by atoms with Crippen LogP contribution in [0.5, 0.6) is 0 Å². The molecule has 0 spiro atoms. The zero-order valence-electron chi connectivity index (χ0n) is 10.5. The van der Waals surface area contributed by atoms with Gasteiger partial charge in [0.1, 0.15) is 0 Å². The monoisotopic (exact) mass is 252 g/mol. The summed E-state index contributed by atoms with van der Waals surface area (Å²) in [7, 11) is 0. The Kier molecular flexibility index (Phi) is 4.29. The number of aromatic nitrogens is 1. The summed E-state index contributed by atoms with van der Waals surface area (Å²) in [6.07, 6.45) is 5.46. The summed E-state index contributed by atoms with van der Waals surface area (Å²) < 4.78 is 0. The largest absolute Gasteiger partial charge is 0.326 e. The van der Waals surface area contributed by atoms with Crippen LogP contribution in [0.1, 0.15) is 37.1 Å². The number of thioether (sulfide) groups is 1. The number of pyridine rings is 1. The lowest BCUT2D eigenvalue weighted by atomic mass is 9.91. The third-order valence-corrected chi connectivity index (χ3v) is 4.36. The van der Waals surface area contributed by atoms with Gasteiger partial charge < -0.3 is 10.3 Å².